The molecule has 1 aliphatic carbocycles. The van der Waals surface area contributed by atoms with Crippen molar-refractivity contribution in [3.63, 3.8) is 0 Å². The van der Waals surface area contributed by atoms with Crippen LogP contribution in [0.4, 0.5) is 4.79 Å². The molecule has 4 rings (SSSR count). The molecular weight excluding hydrogens is 580 g/mol. The lowest BCUT2D eigenvalue weighted by Crippen LogP contribution is -2.51. The molecule has 1 saturated carbocycles. The summed E-state index contributed by atoms with van der Waals surface area (Å²) < 4.78 is 22.2. The number of aromatic nitrogens is 2. The SMILES string of the molecule is COC(=O)C1CC(Oc2[nH]c3ccncc3c(=O)c2CCCCCC2CC2OC(=O)NC(C(=O)OC(C)(C)C)C(C)(C)C)CN1. The van der Waals surface area contributed by atoms with Gasteiger partial charge < -0.3 is 34.6 Å². The van der Waals surface area contributed by atoms with E-state index in [0.29, 0.717) is 41.7 Å². The third-order valence-electron chi connectivity index (χ3n) is 8.11. The minimum atomic E-state index is -0.830. The van der Waals surface area contributed by atoms with E-state index in [1.165, 1.54) is 7.11 Å². The average Bonchev–Trinajstić information content (AvgIpc) is 3.51. The number of pyridine rings is 2. The number of nitrogens with zero attached hydrogens (tertiary/aromatic N) is 1. The molecule has 5 unspecified atom stereocenters. The van der Waals surface area contributed by atoms with Crippen LogP contribution in [0.2, 0.25) is 0 Å². The largest absolute Gasteiger partial charge is 0.474 e. The summed E-state index contributed by atoms with van der Waals surface area (Å²) in [6, 6.07) is 0.474. The molecule has 2 aromatic heterocycles. The highest BCUT2D eigenvalue weighted by atomic mass is 16.6. The smallest absolute Gasteiger partial charge is 0.408 e. The highest BCUT2D eigenvalue weighted by Crippen LogP contribution is 2.38. The van der Waals surface area contributed by atoms with Crippen molar-refractivity contribution in [3.8, 4) is 5.88 Å². The summed E-state index contributed by atoms with van der Waals surface area (Å²) in [6.07, 6.45) is 7.37. The van der Waals surface area contributed by atoms with Crippen LogP contribution in [-0.2, 0) is 30.2 Å². The molecule has 0 radical (unpaired) electrons. The second-order valence-corrected chi connectivity index (χ2v) is 14.2. The van der Waals surface area contributed by atoms with Crippen LogP contribution in [0.25, 0.3) is 10.9 Å². The number of alkyl carbamates (subject to hydrolysis) is 1. The van der Waals surface area contributed by atoms with Gasteiger partial charge in [-0.2, -0.15) is 0 Å². The highest BCUT2D eigenvalue weighted by Gasteiger charge is 2.42. The maximum absolute atomic E-state index is 13.4. The Bertz CT molecular complexity index is 1430. The number of carbonyl (C=O) groups excluding carboxylic acids is 3. The molecule has 0 aromatic carbocycles. The van der Waals surface area contributed by atoms with Gasteiger partial charge in [0.1, 0.15) is 29.9 Å². The van der Waals surface area contributed by atoms with Crippen LogP contribution in [-0.4, -0.2) is 71.5 Å². The maximum Gasteiger partial charge on any atom is 0.408 e. The molecule has 0 spiro atoms. The van der Waals surface area contributed by atoms with Gasteiger partial charge in [-0.25, -0.2) is 9.59 Å². The number of fused-ring (bicyclic) bond motifs is 1. The Kier molecular flexibility index (Phi) is 10.8. The van der Waals surface area contributed by atoms with Gasteiger partial charge in [0.2, 0.25) is 0 Å². The molecule has 1 amide bonds. The molecule has 2 aliphatic rings. The van der Waals surface area contributed by atoms with Crippen molar-refractivity contribution in [2.75, 3.05) is 13.7 Å². The van der Waals surface area contributed by atoms with Crippen LogP contribution >= 0.6 is 0 Å². The first kappa shape index (κ1) is 34.2. The van der Waals surface area contributed by atoms with Crippen LogP contribution in [0.15, 0.2) is 23.3 Å². The predicted molar refractivity (Wildman–Crippen MR) is 168 cm³/mol. The summed E-state index contributed by atoms with van der Waals surface area (Å²) in [6.45, 7) is 11.4. The van der Waals surface area contributed by atoms with E-state index in [1.807, 2.05) is 20.8 Å². The molecule has 248 valence electrons. The van der Waals surface area contributed by atoms with Gasteiger partial charge >= 0.3 is 18.0 Å². The van der Waals surface area contributed by atoms with Crippen molar-refractivity contribution in [1.82, 2.24) is 20.6 Å². The van der Waals surface area contributed by atoms with Crippen LogP contribution in [0.1, 0.15) is 85.6 Å². The molecule has 3 heterocycles. The molecule has 12 nitrogen and oxygen atoms in total. The summed E-state index contributed by atoms with van der Waals surface area (Å²) >= 11 is 0. The van der Waals surface area contributed by atoms with Crippen LogP contribution < -0.4 is 20.8 Å². The molecule has 12 heteroatoms. The summed E-state index contributed by atoms with van der Waals surface area (Å²) in [5, 5.41) is 6.33. The lowest BCUT2D eigenvalue weighted by molar-refractivity contribution is -0.160. The molecule has 3 N–H and O–H groups in total. The van der Waals surface area contributed by atoms with Crippen LogP contribution in [0.5, 0.6) is 5.88 Å². The highest BCUT2D eigenvalue weighted by molar-refractivity contribution is 5.82. The van der Waals surface area contributed by atoms with Crippen LogP contribution in [0.3, 0.4) is 0 Å². The summed E-state index contributed by atoms with van der Waals surface area (Å²) in [4.78, 5) is 58.1. The van der Waals surface area contributed by atoms with E-state index in [4.69, 9.17) is 18.9 Å². The Balaban J connectivity index is 1.26. The van der Waals surface area contributed by atoms with E-state index in [9.17, 15) is 19.2 Å². The van der Waals surface area contributed by atoms with Crippen molar-refractivity contribution in [3.05, 3.63) is 34.2 Å². The molecular formula is C33H48N4O8. The third kappa shape index (κ3) is 9.42. The number of hydrogen-bond acceptors (Lipinski definition) is 10. The molecule has 2 aromatic rings. The Morgan fingerprint density at radius 1 is 1.09 bits per heavy atom. The van der Waals surface area contributed by atoms with E-state index >= 15 is 0 Å². The summed E-state index contributed by atoms with van der Waals surface area (Å²) in [7, 11) is 1.36. The monoisotopic (exact) mass is 628 g/mol. The van der Waals surface area contributed by atoms with Crippen molar-refractivity contribution in [2.24, 2.45) is 11.3 Å². The van der Waals surface area contributed by atoms with Gasteiger partial charge in [-0.1, -0.05) is 33.6 Å². The third-order valence-corrected chi connectivity index (χ3v) is 8.11. The minimum absolute atomic E-state index is 0.107. The molecule has 45 heavy (non-hydrogen) atoms. The van der Waals surface area contributed by atoms with Gasteiger partial charge in [0.15, 0.2) is 11.3 Å². The average molecular weight is 629 g/mol. The topological polar surface area (TPSA) is 158 Å². The van der Waals surface area contributed by atoms with E-state index < -0.39 is 35.2 Å². The Hall–Kier alpha value is -3.67. The molecule has 0 bridgehead atoms. The number of esters is 2. The lowest BCUT2D eigenvalue weighted by Gasteiger charge is -2.32. The minimum Gasteiger partial charge on any atom is -0.474 e. The molecule has 1 saturated heterocycles. The van der Waals surface area contributed by atoms with Gasteiger partial charge in [0, 0.05) is 25.4 Å². The van der Waals surface area contributed by atoms with Crippen molar-refractivity contribution in [2.45, 2.75) is 116 Å². The number of H-pyrrole nitrogens is 1. The Morgan fingerprint density at radius 2 is 1.84 bits per heavy atom. The molecule has 2 fully saturated rings. The zero-order valence-electron chi connectivity index (χ0n) is 27.5. The summed E-state index contributed by atoms with van der Waals surface area (Å²) in [5.74, 6) is -0.118. The molecule has 1 aliphatic heterocycles. The molecule has 5 atom stereocenters. The maximum atomic E-state index is 13.4. The van der Waals surface area contributed by atoms with Crippen molar-refractivity contribution >= 4 is 28.9 Å². The fourth-order valence-electron chi connectivity index (χ4n) is 5.59. The first-order chi connectivity index (χ1) is 21.2. The number of amides is 1. The second-order valence-electron chi connectivity index (χ2n) is 14.2. The van der Waals surface area contributed by atoms with E-state index in [2.05, 4.69) is 20.6 Å². The lowest BCUT2D eigenvalue weighted by atomic mass is 9.86. The Morgan fingerprint density at radius 3 is 2.53 bits per heavy atom. The fraction of sp³-hybridized carbons (Fsp3) is 0.667. The number of unbranched alkanes of at least 4 members (excludes halogenated alkanes) is 2. The van der Waals surface area contributed by atoms with Gasteiger partial charge in [-0.15, -0.1) is 0 Å². The number of carbonyl (C=O) groups is 3. The van der Waals surface area contributed by atoms with Gasteiger partial charge in [0.05, 0.1) is 23.6 Å². The van der Waals surface area contributed by atoms with Gasteiger partial charge in [-0.05, 0) is 63.9 Å². The summed E-state index contributed by atoms with van der Waals surface area (Å²) in [5.41, 5.74) is -0.0983. The number of methoxy groups -OCH3 is 1. The normalized spacial score (nSPS) is 22.0. The van der Waals surface area contributed by atoms with Crippen LogP contribution in [0, 0.1) is 11.3 Å². The number of rotatable bonds is 12. The zero-order chi connectivity index (χ0) is 32.9. The number of ether oxygens (including phenoxy) is 4. The van der Waals surface area contributed by atoms with E-state index in [1.54, 1.807) is 39.2 Å². The quantitative estimate of drug-likeness (QED) is 0.177. The zero-order valence-corrected chi connectivity index (χ0v) is 27.5. The van der Waals surface area contributed by atoms with Gasteiger partial charge in [-0.3, -0.25) is 14.6 Å². The first-order valence-electron chi connectivity index (χ1n) is 15.8. The van der Waals surface area contributed by atoms with E-state index in [0.717, 1.165) is 32.1 Å². The Labute approximate surface area is 264 Å². The van der Waals surface area contributed by atoms with Crippen molar-refractivity contribution < 1.29 is 33.3 Å². The van der Waals surface area contributed by atoms with E-state index in [-0.39, 0.29) is 29.5 Å². The number of aromatic amines is 1. The fourth-order valence-corrected chi connectivity index (χ4v) is 5.59. The first-order valence-corrected chi connectivity index (χ1v) is 15.8. The number of hydrogen-bond donors (Lipinski definition) is 3. The second kappa shape index (κ2) is 14.2. The van der Waals surface area contributed by atoms with Crippen molar-refractivity contribution in [1.29, 1.82) is 0 Å². The standard InChI is InChI=1S/C33H48N4O8/c1-32(2,3)27(30(40)45-33(4,5)6)37-31(41)44-25-15-19(25)11-9-8-10-12-21-26(38)22-18-34-14-13-23(22)36-28(21)43-20-16-24(35-17-20)29(39)42-7/h13-14,18-20,24-25,27,35H,8-12,15-17H2,1-7H3,(H,36,38)(H,37,41). The predicted octanol–water partition coefficient (Wildman–Crippen LogP) is 4.18. The number of nitrogens with one attached hydrogen (secondary N) is 3. The van der Waals surface area contributed by atoms with Gasteiger partial charge in [0.25, 0.3) is 0 Å².